The van der Waals surface area contributed by atoms with E-state index in [1.165, 1.54) is 0 Å². The number of nitrogens with one attached hydrogen (secondary N) is 1. The van der Waals surface area contributed by atoms with E-state index in [0.717, 1.165) is 0 Å². The van der Waals surface area contributed by atoms with Crippen LogP contribution >= 0.6 is 0 Å². The SMILES string of the molecule is CC(C)[O][Ti](=[O])[O]C(C)C.OCCNCCO. The molecule has 0 aliphatic rings. The third kappa shape index (κ3) is 22.0. The van der Waals surface area contributed by atoms with Gasteiger partial charge in [-0.1, -0.05) is 0 Å². The van der Waals surface area contributed by atoms with Crippen molar-refractivity contribution in [3.8, 4) is 0 Å². The topological polar surface area (TPSA) is 88.0 Å². The molecule has 3 N–H and O–H groups in total. The molecule has 0 aromatic heterocycles. The summed E-state index contributed by atoms with van der Waals surface area (Å²) in [6.07, 6.45) is 0.0116. The van der Waals surface area contributed by atoms with E-state index in [1.807, 2.05) is 27.7 Å². The molecule has 104 valence electrons. The predicted octanol–water partition coefficient (Wildman–Crippen LogP) is 0.191. The summed E-state index contributed by atoms with van der Waals surface area (Å²) in [5.74, 6) is 0. The fourth-order valence-electron chi connectivity index (χ4n) is 0.696. The van der Waals surface area contributed by atoms with Crippen molar-refractivity contribution < 1.29 is 38.8 Å². The van der Waals surface area contributed by atoms with Gasteiger partial charge in [-0.3, -0.25) is 0 Å². The summed E-state index contributed by atoms with van der Waals surface area (Å²) in [5.41, 5.74) is 0. The van der Waals surface area contributed by atoms with Gasteiger partial charge < -0.3 is 15.5 Å². The summed E-state index contributed by atoms with van der Waals surface area (Å²) in [4.78, 5) is 0. The maximum Gasteiger partial charge on any atom is 0.0555 e. The summed E-state index contributed by atoms with van der Waals surface area (Å²) in [6.45, 7) is 8.79. The molecule has 6 nitrogen and oxygen atoms in total. The van der Waals surface area contributed by atoms with Crippen LogP contribution < -0.4 is 5.32 Å². The van der Waals surface area contributed by atoms with Gasteiger partial charge in [0.15, 0.2) is 0 Å². The Hall–Kier alpha value is 0.314. The smallest absolute Gasteiger partial charge is 0.0555 e. The maximum absolute atomic E-state index is 10.9. The van der Waals surface area contributed by atoms with E-state index in [2.05, 4.69) is 5.32 Å². The fraction of sp³-hybridized carbons (Fsp3) is 1.00. The van der Waals surface area contributed by atoms with Gasteiger partial charge in [0, 0.05) is 13.1 Å². The first-order valence-corrected chi connectivity index (χ1v) is 7.65. The van der Waals surface area contributed by atoms with Gasteiger partial charge in [-0.05, 0) is 0 Å². The molecule has 0 amide bonds. The summed E-state index contributed by atoms with van der Waals surface area (Å²) in [7, 11) is 0. The molecule has 0 atom stereocenters. The van der Waals surface area contributed by atoms with Crippen molar-refractivity contribution in [2.75, 3.05) is 26.3 Å². The average Bonchev–Trinajstić information content (AvgIpc) is 2.16. The van der Waals surface area contributed by atoms with E-state index in [0.29, 0.717) is 13.1 Å². The van der Waals surface area contributed by atoms with Crippen molar-refractivity contribution in [2.24, 2.45) is 0 Å². The molecule has 7 heteroatoms. The molecule has 0 aliphatic heterocycles. The molecular formula is C10H25NO5Ti. The van der Waals surface area contributed by atoms with Crippen LogP contribution in [0.2, 0.25) is 0 Å². The molecule has 0 rings (SSSR count). The van der Waals surface area contributed by atoms with Crippen LogP contribution in [0.4, 0.5) is 0 Å². The van der Waals surface area contributed by atoms with Crippen LogP contribution in [0.5, 0.6) is 0 Å². The van der Waals surface area contributed by atoms with Crippen LogP contribution in [0.3, 0.4) is 0 Å². The Morgan fingerprint density at radius 3 is 1.59 bits per heavy atom. The fourth-order valence-corrected chi connectivity index (χ4v) is 1.98. The van der Waals surface area contributed by atoms with Crippen molar-refractivity contribution in [1.82, 2.24) is 5.32 Å². The number of aliphatic hydroxyl groups excluding tert-OH is 2. The van der Waals surface area contributed by atoms with Crippen LogP contribution in [0, 0.1) is 0 Å². The van der Waals surface area contributed by atoms with E-state index in [4.69, 9.17) is 16.8 Å². The van der Waals surface area contributed by atoms with E-state index in [9.17, 15) is 3.32 Å². The van der Waals surface area contributed by atoms with E-state index in [1.54, 1.807) is 0 Å². The molecular weight excluding hydrogens is 262 g/mol. The summed E-state index contributed by atoms with van der Waals surface area (Å²) >= 11 is -2.81. The molecule has 0 fully saturated rings. The summed E-state index contributed by atoms with van der Waals surface area (Å²) in [5, 5.41) is 19.1. The molecule has 0 spiro atoms. The molecule has 0 bridgehead atoms. The van der Waals surface area contributed by atoms with Gasteiger partial charge in [-0.2, -0.15) is 0 Å². The molecule has 0 saturated heterocycles. The number of hydrogen-bond donors (Lipinski definition) is 3. The minimum Gasteiger partial charge on any atom is -0.395 e. The quantitative estimate of drug-likeness (QED) is 0.436. The first-order valence-electron chi connectivity index (χ1n) is 5.73. The third-order valence-electron chi connectivity index (χ3n) is 1.24. The average molecular weight is 287 g/mol. The second kappa shape index (κ2) is 14.4. The van der Waals surface area contributed by atoms with Crippen molar-refractivity contribution in [1.29, 1.82) is 0 Å². The minimum absolute atomic E-state index is 0.00579. The minimum atomic E-state index is -2.81. The van der Waals surface area contributed by atoms with Crippen molar-refractivity contribution >= 4 is 0 Å². The van der Waals surface area contributed by atoms with E-state index < -0.39 is 18.6 Å². The van der Waals surface area contributed by atoms with Crippen LogP contribution in [-0.4, -0.2) is 48.7 Å². The van der Waals surface area contributed by atoms with Gasteiger partial charge in [0.1, 0.15) is 0 Å². The standard InChI is InChI=1S/C4H11NO2.2C3H7O.O.Ti/c6-3-1-5-2-4-7;2*1-3(2)4;;/h5-7H,1-4H2;2*3H,1-2H3;;/q;2*-1;;+2. The van der Waals surface area contributed by atoms with E-state index >= 15 is 0 Å². The molecule has 0 saturated carbocycles. The molecule has 0 aromatic rings. The number of rotatable bonds is 8. The molecule has 0 aliphatic carbocycles. The maximum atomic E-state index is 10.9. The second-order valence-corrected chi connectivity index (χ2v) is 5.30. The first-order chi connectivity index (χ1) is 7.93. The molecule has 0 unspecified atom stereocenters. The van der Waals surface area contributed by atoms with Crippen LogP contribution in [0.1, 0.15) is 27.7 Å². The Morgan fingerprint density at radius 1 is 1.00 bits per heavy atom. The Labute approximate surface area is 110 Å². The summed E-state index contributed by atoms with van der Waals surface area (Å²) in [6, 6.07) is 0. The van der Waals surface area contributed by atoms with Crippen LogP contribution in [0.25, 0.3) is 0 Å². The van der Waals surface area contributed by atoms with E-state index in [-0.39, 0.29) is 25.4 Å². The van der Waals surface area contributed by atoms with Gasteiger partial charge in [-0.15, -0.1) is 0 Å². The van der Waals surface area contributed by atoms with Gasteiger partial charge in [0.2, 0.25) is 0 Å². The zero-order valence-electron chi connectivity index (χ0n) is 11.1. The van der Waals surface area contributed by atoms with Crippen LogP contribution in [0.15, 0.2) is 0 Å². The Bertz CT molecular complexity index is 162. The van der Waals surface area contributed by atoms with Crippen LogP contribution in [-0.2, 0) is 28.6 Å². The molecule has 0 heterocycles. The Kier molecular flexibility index (Phi) is 16.6. The molecule has 17 heavy (non-hydrogen) atoms. The second-order valence-electron chi connectivity index (χ2n) is 3.78. The van der Waals surface area contributed by atoms with Crippen molar-refractivity contribution in [3.05, 3.63) is 0 Å². The number of aliphatic hydroxyl groups is 2. The van der Waals surface area contributed by atoms with Gasteiger partial charge >= 0.3 is 68.5 Å². The largest absolute Gasteiger partial charge is 0.395 e. The Balaban J connectivity index is 0. The van der Waals surface area contributed by atoms with Gasteiger partial charge in [0.05, 0.1) is 13.2 Å². The Morgan fingerprint density at radius 2 is 1.35 bits per heavy atom. The van der Waals surface area contributed by atoms with Gasteiger partial charge in [-0.25, -0.2) is 0 Å². The third-order valence-corrected chi connectivity index (χ3v) is 3.31. The zero-order valence-corrected chi connectivity index (χ0v) is 12.7. The molecule has 0 radical (unpaired) electrons. The summed E-state index contributed by atoms with van der Waals surface area (Å²) < 4.78 is 20.8. The normalized spacial score (nSPS) is 10.4. The van der Waals surface area contributed by atoms with Gasteiger partial charge in [0.25, 0.3) is 0 Å². The van der Waals surface area contributed by atoms with Crippen molar-refractivity contribution in [3.63, 3.8) is 0 Å². The number of hydrogen-bond acceptors (Lipinski definition) is 6. The first kappa shape index (κ1) is 19.6. The predicted molar refractivity (Wildman–Crippen MR) is 60.2 cm³/mol. The monoisotopic (exact) mass is 287 g/mol. The molecule has 0 aromatic carbocycles. The van der Waals surface area contributed by atoms with Crippen molar-refractivity contribution in [2.45, 2.75) is 39.9 Å². The zero-order chi connectivity index (χ0) is 13.7.